The Morgan fingerprint density at radius 1 is 0.944 bits per heavy atom. The molecule has 3 heteroatoms. The summed E-state index contributed by atoms with van der Waals surface area (Å²) in [6, 6.07) is 20.8. The number of carbonyl (C=O) groups is 1. The van der Waals surface area contributed by atoms with E-state index in [1.165, 1.54) is 9.79 Å². The predicted molar refractivity (Wildman–Crippen MR) is 76.5 cm³/mol. The highest BCUT2D eigenvalue weighted by atomic mass is 32.2. The minimum atomic E-state index is -0.245. The quantitative estimate of drug-likeness (QED) is 0.913. The van der Waals surface area contributed by atoms with Gasteiger partial charge < -0.3 is 5.73 Å². The van der Waals surface area contributed by atoms with Gasteiger partial charge in [0.1, 0.15) is 0 Å². The Kier molecular flexibility index (Phi) is 6.66. The number of hydrogen-bond donors (Lipinski definition) is 1. The second kappa shape index (κ2) is 8.37. The maximum Gasteiger partial charge on any atom is 0.217 e. The summed E-state index contributed by atoms with van der Waals surface area (Å²) in [5, 5.41) is 0. The summed E-state index contributed by atoms with van der Waals surface area (Å²) >= 11 is 1.79. The molecule has 0 aliphatic heterocycles. The number of benzene rings is 2. The van der Waals surface area contributed by atoms with E-state index < -0.39 is 0 Å². The molecule has 0 radical (unpaired) electrons. The molecule has 0 saturated carbocycles. The first-order valence-corrected chi connectivity index (χ1v) is 6.60. The van der Waals surface area contributed by atoms with Gasteiger partial charge in [0.15, 0.2) is 0 Å². The molecule has 1 amide bonds. The van der Waals surface area contributed by atoms with E-state index in [0.717, 1.165) is 0 Å². The van der Waals surface area contributed by atoms with Crippen LogP contribution in [0.25, 0.3) is 0 Å². The number of nitrogens with two attached hydrogens (primary N) is 1. The lowest BCUT2D eigenvalue weighted by atomic mass is 10.4. The van der Waals surface area contributed by atoms with Crippen LogP contribution >= 0.6 is 11.8 Å². The normalized spacial score (nSPS) is 9.17. The minimum absolute atomic E-state index is 0.245. The summed E-state index contributed by atoms with van der Waals surface area (Å²) in [6.07, 6.45) is 0.444. The number of amides is 1. The first-order chi connectivity index (χ1) is 8.72. The maximum atomic E-state index is 9.59. The molecule has 94 valence electrons. The molecular weight excluding hydrogens is 242 g/mol. The van der Waals surface area contributed by atoms with E-state index in [1.54, 1.807) is 18.7 Å². The Labute approximate surface area is 112 Å². The first kappa shape index (κ1) is 14.3. The lowest BCUT2D eigenvalue weighted by Gasteiger charge is -1.99. The van der Waals surface area contributed by atoms with Crippen LogP contribution in [-0.2, 0) is 4.79 Å². The lowest BCUT2D eigenvalue weighted by Crippen LogP contribution is -2.06. The zero-order valence-corrected chi connectivity index (χ0v) is 11.2. The van der Waals surface area contributed by atoms with Crippen molar-refractivity contribution in [1.82, 2.24) is 0 Å². The summed E-state index contributed by atoms with van der Waals surface area (Å²) in [4.78, 5) is 12.2. The van der Waals surface area contributed by atoms with Crippen LogP contribution in [0.15, 0.2) is 70.5 Å². The van der Waals surface area contributed by atoms with Gasteiger partial charge in [-0.2, -0.15) is 0 Å². The Balaban J connectivity index is 0.000000280. The van der Waals surface area contributed by atoms with Gasteiger partial charge >= 0.3 is 0 Å². The SMILES string of the molecule is CCC(N)=O.c1ccc(Sc2ccccc2)cc1. The monoisotopic (exact) mass is 259 g/mol. The molecule has 0 heterocycles. The van der Waals surface area contributed by atoms with Gasteiger partial charge in [0.05, 0.1) is 0 Å². The van der Waals surface area contributed by atoms with Gasteiger partial charge in [-0.3, -0.25) is 4.79 Å². The molecule has 0 saturated heterocycles. The lowest BCUT2D eigenvalue weighted by molar-refractivity contribution is -0.117. The molecule has 0 unspecified atom stereocenters. The fraction of sp³-hybridized carbons (Fsp3) is 0.133. The third-order valence-electron chi connectivity index (χ3n) is 2.07. The molecule has 0 spiro atoms. The minimum Gasteiger partial charge on any atom is -0.370 e. The molecule has 0 bridgehead atoms. The van der Waals surface area contributed by atoms with Crippen molar-refractivity contribution in [3.05, 3.63) is 60.7 Å². The van der Waals surface area contributed by atoms with Crippen molar-refractivity contribution < 1.29 is 4.79 Å². The highest BCUT2D eigenvalue weighted by Crippen LogP contribution is 2.26. The van der Waals surface area contributed by atoms with Gasteiger partial charge in [-0.1, -0.05) is 55.1 Å². The first-order valence-electron chi connectivity index (χ1n) is 5.78. The highest BCUT2D eigenvalue weighted by molar-refractivity contribution is 7.99. The molecule has 0 aromatic heterocycles. The third-order valence-corrected chi connectivity index (χ3v) is 3.09. The molecule has 2 aromatic rings. The molecule has 2 nitrogen and oxygen atoms in total. The smallest absolute Gasteiger partial charge is 0.217 e. The molecule has 2 N–H and O–H groups in total. The average Bonchev–Trinajstić information content (AvgIpc) is 2.42. The van der Waals surface area contributed by atoms with Crippen molar-refractivity contribution in [3.8, 4) is 0 Å². The molecular formula is C15H17NOS. The zero-order chi connectivity index (χ0) is 13.2. The van der Waals surface area contributed by atoms with Gasteiger partial charge in [-0.15, -0.1) is 0 Å². The largest absolute Gasteiger partial charge is 0.370 e. The van der Waals surface area contributed by atoms with E-state index in [4.69, 9.17) is 0 Å². The van der Waals surface area contributed by atoms with Crippen molar-refractivity contribution in [2.45, 2.75) is 23.1 Å². The van der Waals surface area contributed by atoms with E-state index in [-0.39, 0.29) is 5.91 Å². The molecule has 0 fully saturated rings. The predicted octanol–water partition coefficient (Wildman–Crippen LogP) is 3.72. The molecule has 0 atom stereocenters. The summed E-state index contributed by atoms with van der Waals surface area (Å²) in [5.74, 6) is -0.245. The topological polar surface area (TPSA) is 43.1 Å². The van der Waals surface area contributed by atoms with E-state index in [2.05, 4.69) is 54.3 Å². The van der Waals surface area contributed by atoms with Crippen LogP contribution in [0.4, 0.5) is 0 Å². The van der Waals surface area contributed by atoms with Crippen LogP contribution in [0.5, 0.6) is 0 Å². The van der Waals surface area contributed by atoms with Crippen LogP contribution in [0.1, 0.15) is 13.3 Å². The Morgan fingerprint density at radius 3 is 1.56 bits per heavy atom. The van der Waals surface area contributed by atoms with E-state index in [0.29, 0.717) is 6.42 Å². The highest BCUT2D eigenvalue weighted by Gasteiger charge is 1.93. The molecule has 2 rings (SSSR count). The fourth-order valence-electron chi connectivity index (χ4n) is 1.11. The second-order valence-electron chi connectivity index (χ2n) is 3.55. The van der Waals surface area contributed by atoms with Crippen molar-refractivity contribution in [2.24, 2.45) is 5.73 Å². The van der Waals surface area contributed by atoms with Gasteiger partial charge in [-0.05, 0) is 24.3 Å². The zero-order valence-electron chi connectivity index (χ0n) is 10.4. The average molecular weight is 259 g/mol. The van der Waals surface area contributed by atoms with Crippen molar-refractivity contribution in [1.29, 1.82) is 0 Å². The molecule has 18 heavy (non-hydrogen) atoms. The van der Waals surface area contributed by atoms with Crippen LogP contribution in [0.2, 0.25) is 0 Å². The fourth-order valence-corrected chi connectivity index (χ4v) is 1.97. The van der Waals surface area contributed by atoms with Gasteiger partial charge in [0.25, 0.3) is 0 Å². The number of rotatable bonds is 3. The molecule has 0 aliphatic carbocycles. The van der Waals surface area contributed by atoms with Crippen molar-refractivity contribution in [2.75, 3.05) is 0 Å². The molecule has 0 aliphatic rings. The summed E-state index contributed by atoms with van der Waals surface area (Å²) in [6.45, 7) is 1.72. The van der Waals surface area contributed by atoms with E-state index >= 15 is 0 Å². The van der Waals surface area contributed by atoms with Gasteiger partial charge in [0.2, 0.25) is 5.91 Å². The number of hydrogen-bond acceptors (Lipinski definition) is 2. The van der Waals surface area contributed by atoms with Gasteiger partial charge in [-0.25, -0.2) is 0 Å². The summed E-state index contributed by atoms with van der Waals surface area (Å²) in [7, 11) is 0. The van der Waals surface area contributed by atoms with Crippen LogP contribution in [0, 0.1) is 0 Å². The second-order valence-corrected chi connectivity index (χ2v) is 4.69. The number of primary amides is 1. The van der Waals surface area contributed by atoms with Crippen molar-refractivity contribution >= 4 is 17.7 Å². The Bertz CT molecular complexity index is 419. The summed E-state index contributed by atoms with van der Waals surface area (Å²) in [5.41, 5.74) is 4.65. The van der Waals surface area contributed by atoms with Crippen LogP contribution in [0.3, 0.4) is 0 Å². The molecule has 2 aromatic carbocycles. The van der Waals surface area contributed by atoms with E-state index in [9.17, 15) is 4.79 Å². The van der Waals surface area contributed by atoms with Crippen molar-refractivity contribution in [3.63, 3.8) is 0 Å². The van der Waals surface area contributed by atoms with Crippen LogP contribution in [-0.4, -0.2) is 5.91 Å². The number of carbonyl (C=O) groups excluding carboxylic acids is 1. The standard InChI is InChI=1S/C12H10S.C3H7NO/c1-3-7-11(8-4-1)13-12-9-5-2-6-10-12;1-2-3(4)5/h1-10H;2H2,1H3,(H2,4,5). The summed E-state index contributed by atoms with van der Waals surface area (Å²) < 4.78 is 0. The maximum absolute atomic E-state index is 9.59. The van der Waals surface area contributed by atoms with Gasteiger partial charge in [0, 0.05) is 16.2 Å². The Morgan fingerprint density at radius 2 is 1.28 bits per heavy atom. The van der Waals surface area contributed by atoms with E-state index in [1.807, 2.05) is 12.1 Å². The van der Waals surface area contributed by atoms with Crippen LogP contribution < -0.4 is 5.73 Å². The Hall–Kier alpha value is -1.74. The third kappa shape index (κ3) is 6.11.